The minimum absolute atomic E-state index is 0.00994. The van der Waals surface area contributed by atoms with Gasteiger partial charge in [0.15, 0.2) is 0 Å². The number of rotatable bonds is 6. The standard InChI is InChI=1S/C25H37N5O4/c1-18(2)23-26-27-24(34-23)21-14-25(17-30(21)16-22(31)29-10-12-32-13-11-29)6-8-28(9-7-25)15-20-5-4-19(3)33-20/h4-5,18,21H,6-17H2,1-3H3. The summed E-state index contributed by atoms with van der Waals surface area (Å²) in [5, 5.41) is 8.70. The molecule has 0 saturated carbocycles. The minimum Gasteiger partial charge on any atom is -0.465 e. The van der Waals surface area contributed by atoms with Gasteiger partial charge in [0.1, 0.15) is 11.5 Å². The van der Waals surface area contributed by atoms with Crippen molar-refractivity contribution >= 4 is 5.91 Å². The van der Waals surface area contributed by atoms with E-state index in [0.29, 0.717) is 44.6 Å². The monoisotopic (exact) mass is 471 g/mol. The Hall–Kier alpha value is -2.23. The average molecular weight is 472 g/mol. The van der Waals surface area contributed by atoms with Crippen LogP contribution in [0.3, 0.4) is 0 Å². The van der Waals surface area contributed by atoms with Crippen molar-refractivity contribution in [1.82, 2.24) is 24.9 Å². The molecule has 3 aliphatic rings. The topological polar surface area (TPSA) is 88.1 Å². The molecular weight excluding hydrogens is 434 g/mol. The van der Waals surface area contributed by atoms with Crippen molar-refractivity contribution in [2.45, 2.75) is 58.5 Å². The zero-order chi connectivity index (χ0) is 23.7. The highest BCUT2D eigenvalue weighted by molar-refractivity contribution is 5.78. The van der Waals surface area contributed by atoms with Crippen molar-refractivity contribution in [3.05, 3.63) is 35.4 Å². The molecule has 1 amide bonds. The van der Waals surface area contributed by atoms with Crippen molar-refractivity contribution in [3.63, 3.8) is 0 Å². The fourth-order valence-corrected chi connectivity index (χ4v) is 5.59. The fraction of sp³-hybridized carbons (Fsp3) is 0.720. The van der Waals surface area contributed by atoms with Gasteiger partial charge in [-0.1, -0.05) is 13.8 Å². The van der Waals surface area contributed by atoms with E-state index in [1.54, 1.807) is 0 Å². The predicted molar refractivity (Wildman–Crippen MR) is 125 cm³/mol. The second-order valence-electron chi connectivity index (χ2n) is 10.5. The van der Waals surface area contributed by atoms with E-state index in [1.165, 1.54) is 0 Å². The number of amides is 1. The second kappa shape index (κ2) is 9.79. The smallest absolute Gasteiger partial charge is 0.236 e. The van der Waals surface area contributed by atoms with E-state index in [1.807, 2.05) is 17.9 Å². The number of aromatic nitrogens is 2. The first kappa shape index (κ1) is 23.5. The van der Waals surface area contributed by atoms with Crippen molar-refractivity contribution in [1.29, 1.82) is 0 Å². The summed E-state index contributed by atoms with van der Waals surface area (Å²) in [5.41, 5.74) is 0.165. The van der Waals surface area contributed by atoms with Crippen LogP contribution in [0.4, 0.5) is 0 Å². The Labute approximate surface area is 201 Å². The van der Waals surface area contributed by atoms with Crippen LogP contribution in [0.25, 0.3) is 0 Å². The number of carbonyl (C=O) groups excluding carboxylic acids is 1. The first-order valence-electron chi connectivity index (χ1n) is 12.6. The zero-order valence-corrected chi connectivity index (χ0v) is 20.7. The molecule has 9 nitrogen and oxygen atoms in total. The van der Waals surface area contributed by atoms with Crippen LogP contribution in [-0.2, 0) is 16.1 Å². The second-order valence-corrected chi connectivity index (χ2v) is 10.5. The molecule has 0 radical (unpaired) electrons. The number of hydrogen-bond donors (Lipinski definition) is 0. The summed E-state index contributed by atoms with van der Waals surface area (Å²) in [6, 6.07) is 4.09. The molecule has 1 unspecified atom stereocenters. The normalized spacial score (nSPS) is 23.9. The van der Waals surface area contributed by atoms with Crippen molar-refractivity contribution in [2.24, 2.45) is 5.41 Å². The maximum atomic E-state index is 13.1. The third-order valence-corrected chi connectivity index (χ3v) is 7.64. The molecule has 3 saturated heterocycles. The quantitative estimate of drug-likeness (QED) is 0.635. The largest absolute Gasteiger partial charge is 0.465 e. The summed E-state index contributed by atoms with van der Waals surface area (Å²) < 4.78 is 17.3. The van der Waals surface area contributed by atoms with E-state index in [2.05, 4.69) is 39.9 Å². The number of morpholine rings is 1. The highest BCUT2D eigenvalue weighted by Gasteiger charge is 2.48. The van der Waals surface area contributed by atoms with Crippen LogP contribution in [0, 0.1) is 12.3 Å². The van der Waals surface area contributed by atoms with Crippen LogP contribution in [0.15, 0.2) is 21.0 Å². The van der Waals surface area contributed by atoms with E-state index in [4.69, 9.17) is 13.6 Å². The molecule has 1 atom stereocenters. The molecule has 5 rings (SSSR count). The molecule has 3 aliphatic heterocycles. The molecule has 186 valence electrons. The Morgan fingerprint density at radius 1 is 1.12 bits per heavy atom. The highest BCUT2D eigenvalue weighted by Crippen LogP contribution is 2.49. The summed E-state index contributed by atoms with van der Waals surface area (Å²) in [7, 11) is 0. The summed E-state index contributed by atoms with van der Waals surface area (Å²) >= 11 is 0. The van der Waals surface area contributed by atoms with Gasteiger partial charge in [0.25, 0.3) is 0 Å². The lowest BCUT2D eigenvalue weighted by molar-refractivity contribution is -0.136. The molecule has 0 aliphatic carbocycles. The maximum Gasteiger partial charge on any atom is 0.236 e. The summed E-state index contributed by atoms with van der Waals surface area (Å²) in [4.78, 5) is 19.8. The molecule has 2 aromatic rings. The Bertz CT molecular complexity index is 972. The van der Waals surface area contributed by atoms with Gasteiger partial charge in [0.2, 0.25) is 17.7 Å². The first-order chi connectivity index (χ1) is 16.4. The first-order valence-corrected chi connectivity index (χ1v) is 12.6. The summed E-state index contributed by atoms with van der Waals surface area (Å²) in [5.74, 6) is 3.67. The van der Waals surface area contributed by atoms with E-state index in [-0.39, 0.29) is 23.3 Å². The highest BCUT2D eigenvalue weighted by atomic mass is 16.5. The molecule has 34 heavy (non-hydrogen) atoms. The van der Waals surface area contributed by atoms with Gasteiger partial charge >= 0.3 is 0 Å². The van der Waals surface area contributed by atoms with Gasteiger partial charge in [0, 0.05) is 25.6 Å². The molecule has 0 aromatic carbocycles. The average Bonchev–Trinajstić information content (AvgIpc) is 3.56. The van der Waals surface area contributed by atoms with Gasteiger partial charge in [-0.3, -0.25) is 14.6 Å². The van der Waals surface area contributed by atoms with Crippen LogP contribution in [0.5, 0.6) is 0 Å². The maximum absolute atomic E-state index is 13.1. The van der Waals surface area contributed by atoms with Gasteiger partial charge in [-0.15, -0.1) is 10.2 Å². The van der Waals surface area contributed by atoms with Crippen molar-refractivity contribution in [2.75, 3.05) is 52.5 Å². The van der Waals surface area contributed by atoms with E-state index >= 15 is 0 Å². The lowest BCUT2D eigenvalue weighted by Crippen LogP contribution is -2.46. The number of hydrogen-bond acceptors (Lipinski definition) is 8. The number of nitrogens with zero attached hydrogens (tertiary/aromatic N) is 5. The predicted octanol–water partition coefficient (Wildman–Crippen LogP) is 2.98. The molecule has 0 N–H and O–H groups in total. The zero-order valence-electron chi connectivity index (χ0n) is 20.7. The molecule has 9 heteroatoms. The number of aryl methyl sites for hydroxylation is 1. The van der Waals surface area contributed by atoms with Crippen LogP contribution in [0.1, 0.15) is 68.4 Å². The van der Waals surface area contributed by atoms with E-state index in [9.17, 15) is 4.79 Å². The number of piperidine rings is 1. The Morgan fingerprint density at radius 2 is 1.88 bits per heavy atom. The lowest BCUT2D eigenvalue weighted by atomic mass is 9.76. The van der Waals surface area contributed by atoms with Gasteiger partial charge in [-0.2, -0.15) is 0 Å². The molecule has 3 fully saturated rings. The third-order valence-electron chi connectivity index (χ3n) is 7.64. The number of ether oxygens (including phenoxy) is 1. The lowest BCUT2D eigenvalue weighted by Gasteiger charge is -2.39. The number of carbonyl (C=O) groups is 1. The van der Waals surface area contributed by atoms with Crippen LogP contribution in [-0.4, -0.2) is 83.3 Å². The van der Waals surface area contributed by atoms with Gasteiger partial charge in [0.05, 0.1) is 32.3 Å². The number of likely N-dealkylation sites (tertiary alicyclic amines) is 2. The van der Waals surface area contributed by atoms with Crippen molar-refractivity contribution < 1.29 is 18.4 Å². The van der Waals surface area contributed by atoms with Gasteiger partial charge in [-0.05, 0) is 56.8 Å². The molecular formula is C25H37N5O4. The van der Waals surface area contributed by atoms with Crippen LogP contribution >= 0.6 is 0 Å². The Kier molecular flexibility index (Phi) is 6.77. The van der Waals surface area contributed by atoms with Crippen LogP contribution < -0.4 is 0 Å². The Morgan fingerprint density at radius 3 is 2.53 bits per heavy atom. The fourth-order valence-electron chi connectivity index (χ4n) is 5.59. The third kappa shape index (κ3) is 5.06. The molecule has 1 spiro atoms. The minimum atomic E-state index is -0.00994. The molecule has 2 aromatic heterocycles. The molecule has 5 heterocycles. The van der Waals surface area contributed by atoms with Crippen molar-refractivity contribution in [3.8, 4) is 0 Å². The summed E-state index contributed by atoms with van der Waals surface area (Å²) in [6.45, 7) is 12.9. The Balaban J connectivity index is 1.28. The van der Waals surface area contributed by atoms with E-state index < -0.39 is 0 Å². The van der Waals surface area contributed by atoms with Crippen LogP contribution in [0.2, 0.25) is 0 Å². The van der Waals surface area contributed by atoms with Gasteiger partial charge < -0.3 is 18.5 Å². The summed E-state index contributed by atoms with van der Waals surface area (Å²) in [6.07, 6.45) is 3.14. The van der Waals surface area contributed by atoms with E-state index in [0.717, 1.165) is 57.0 Å². The SMILES string of the molecule is Cc1ccc(CN2CCC3(CC2)CC(c2nnc(C(C)C)o2)N(CC(=O)N2CCOCC2)C3)o1. The van der Waals surface area contributed by atoms with Gasteiger partial charge in [-0.25, -0.2) is 0 Å². The number of furan rings is 1. The molecule has 0 bridgehead atoms.